The number of pyridine rings is 1. The maximum atomic E-state index is 11.0. The van der Waals surface area contributed by atoms with E-state index in [1.165, 1.54) is 0 Å². The van der Waals surface area contributed by atoms with E-state index in [1.807, 2.05) is 6.07 Å². The SMILES string of the molecule is C[C@H](N)C(=O)NNc1ccccn1. The van der Waals surface area contributed by atoms with Crippen LogP contribution in [0.15, 0.2) is 24.4 Å². The molecule has 0 unspecified atom stereocenters. The largest absolute Gasteiger partial charge is 0.320 e. The third-order valence-electron chi connectivity index (χ3n) is 1.39. The first-order valence-corrected chi connectivity index (χ1v) is 3.92. The van der Waals surface area contributed by atoms with Crippen molar-refractivity contribution in [2.45, 2.75) is 13.0 Å². The maximum Gasteiger partial charge on any atom is 0.254 e. The molecule has 0 spiro atoms. The van der Waals surface area contributed by atoms with Crippen LogP contribution in [0.1, 0.15) is 6.92 Å². The van der Waals surface area contributed by atoms with Crippen molar-refractivity contribution in [3.05, 3.63) is 24.4 Å². The summed E-state index contributed by atoms with van der Waals surface area (Å²) in [6, 6.07) is 4.81. The average molecular weight is 180 g/mol. The lowest BCUT2D eigenvalue weighted by atomic mass is 10.3. The van der Waals surface area contributed by atoms with Crippen molar-refractivity contribution < 1.29 is 4.79 Å². The van der Waals surface area contributed by atoms with Gasteiger partial charge in [0.2, 0.25) is 0 Å². The fourth-order valence-corrected chi connectivity index (χ4v) is 0.676. The first-order valence-electron chi connectivity index (χ1n) is 3.92. The topological polar surface area (TPSA) is 80.0 Å². The van der Waals surface area contributed by atoms with Crippen LogP contribution in [0.4, 0.5) is 5.82 Å². The van der Waals surface area contributed by atoms with E-state index >= 15 is 0 Å². The van der Waals surface area contributed by atoms with Crippen LogP contribution in [0.2, 0.25) is 0 Å². The molecule has 5 heteroatoms. The molecular formula is C8H12N4O. The zero-order chi connectivity index (χ0) is 9.68. The summed E-state index contributed by atoms with van der Waals surface area (Å²) in [5.41, 5.74) is 10.4. The number of nitrogens with two attached hydrogens (primary N) is 1. The lowest BCUT2D eigenvalue weighted by molar-refractivity contribution is -0.121. The minimum absolute atomic E-state index is 0.273. The number of nitrogens with zero attached hydrogens (tertiary/aromatic N) is 1. The minimum Gasteiger partial charge on any atom is -0.320 e. The fourth-order valence-electron chi connectivity index (χ4n) is 0.676. The molecule has 1 amide bonds. The van der Waals surface area contributed by atoms with Gasteiger partial charge in [-0.15, -0.1) is 0 Å². The highest BCUT2D eigenvalue weighted by atomic mass is 16.2. The summed E-state index contributed by atoms with van der Waals surface area (Å²) >= 11 is 0. The van der Waals surface area contributed by atoms with Crippen LogP contribution in [0.5, 0.6) is 0 Å². The van der Waals surface area contributed by atoms with Gasteiger partial charge in [0.1, 0.15) is 5.82 Å². The summed E-state index contributed by atoms with van der Waals surface area (Å²) in [4.78, 5) is 14.9. The molecule has 0 saturated heterocycles. The van der Waals surface area contributed by atoms with Crippen LogP contribution in [0.25, 0.3) is 0 Å². The molecule has 4 N–H and O–H groups in total. The first kappa shape index (κ1) is 9.47. The lowest BCUT2D eigenvalue weighted by Gasteiger charge is -2.08. The molecule has 1 atom stereocenters. The van der Waals surface area contributed by atoms with Gasteiger partial charge in [0.05, 0.1) is 6.04 Å². The number of amides is 1. The minimum atomic E-state index is -0.531. The highest BCUT2D eigenvalue weighted by Gasteiger charge is 2.05. The van der Waals surface area contributed by atoms with Crippen molar-refractivity contribution >= 4 is 11.7 Å². The Kier molecular flexibility index (Phi) is 3.22. The molecule has 0 aliphatic carbocycles. The molecule has 13 heavy (non-hydrogen) atoms. The second-order valence-corrected chi connectivity index (χ2v) is 2.62. The Morgan fingerprint density at radius 2 is 2.38 bits per heavy atom. The van der Waals surface area contributed by atoms with Crippen LogP contribution >= 0.6 is 0 Å². The molecular weight excluding hydrogens is 168 g/mol. The average Bonchev–Trinajstić information content (AvgIpc) is 2.15. The van der Waals surface area contributed by atoms with Gasteiger partial charge in [-0.05, 0) is 19.1 Å². The molecule has 0 aliphatic rings. The van der Waals surface area contributed by atoms with E-state index < -0.39 is 6.04 Å². The number of hydrogen-bond donors (Lipinski definition) is 3. The van der Waals surface area contributed by atoms with E-state index in [-0.39, 0.29) is 5.91 Å². The molecule has 0 bridgehead atoms. The third-order valence-corrected chi connectivity index (χ3v) is 1.39. The van der Waals surface area contributed by atoms with Gasteiger partial charge in [-0.2, -0.15) is 0 Å². The standard InChI is InChI=1S/C8H12N4O/c1-6(9)8(13)12-11-7-4-2-3-5-10-7/h2-6H,9H2,1H3,(H,10,11)(H,12,13)/t6-/m0/s1. The third kappa shape index (κ3) is 3.08. The van der Waals surface area contributed by atoms with Gasteiger partial charge in [-0.1, -0.05) is 6.07 Å². The molecule has 0 fully saturated rings. The molecule has 70 valence electrons. The molecule has 0 radical (unpaired) electrons. The van der Waals surface area contributed by atoms with Gasteiger partial charge in [0, 0.05) is 6.20 Å². The zero-order valence-electron chi connectivity index (χ0n) is 7.32. The number of rotatable bonds is 3. The number of hydrogen-bond acceptors (Lipinski definition) is 4. The number of carbonyl (C=O) groups is 1. The lowest BCUT2D eigenvalue weighted by Crippen LogP contribution is -2.41. The molecule has 0 saturated carbocycles. The van der Waals surface area contributed by atoms with Crippen LogP contribution < -0.4 is 16.6 Å². The van der Waals surface area contributed by atoms with Gasteiger partial charge < -0.3 is 5.73 Å². The summed E-state index contributed by atoms with van der Waals surface area (Å²) < 4.78 is 0. The van der Waals surface area contributed by atoms with Crippen molar-refractivity contribution in [1.82, 2.24) is 10.4 Å². The van der Waals surface area contributed by atoms with E-state index in [0.717, 1.165) is 0 Å². The maximum absolute atomic E-state index is 11.0. The Balaban J connectivity index is 2.40. The van der Waals surface area contributed by atoms with Crippen LogP contribution in [0, 0.1) is 0 Å². The molecule has 0 aromatic carbocycles. The summed E-state index contributed by atoms with van der Waals surface area (Å²) in [7, 11) is 0. The van der Waals surface area contributed by atoms with E-state index in [0.29, 0.717) is 5.82 Å². The fraction of sp³-hybridized carbons (Fsp3) is 0.250. The zero-order valence-corrected chi connectivity index (χ0v) is 7.32. The summed E-state index contributed by atoms with van der Waals surface area (Å²) in [5.74, 6) is 0.308. The second-order valence-electron chi connectivity index (χ2n) is 2.62. The van der Waals surface area contributed by atoms with E-state index in [9.17, 15) is 4.79 Å². The van der Waals surface area contributed by atoms with Crippen molar-refractivity contribution in [1.29, 1.82) is 0 Å². The predicted octanol–water partition coefficient (Wildman–Crippen LogP) is -0.128. The van der Waals surface area contributed by atoms with Crippen molar-refractivity contribution in [3.63, 3.8) is 0 Å². The molecule has 0 aliphatic heterocycles. The first-order chi connectivity index (χ1) is 6.20. The highest BCUT2D eigenvalue weighted by molar-refractivity contribution is 5.81. The quantitative estimate of drug-likeness (QED) is 0.566. The smallest absolute Gasteiger partial charge is 0.254 e. The van der Waals surface area contributed by atoms with Gasteiger partial charge in [-0.3, -0.25) is 15.6 Å². The number of carbonyl (C=O) groups excluding carboxylic acids is 1. The Hall–Kier alpha value is -1.62. The molecule has 5 nitrogen and oxygen atoms in total. The Morgan fingerprint density at radius 1 is 1.62 bits per heavy atom. The predicted molar refractivity (Wildman–Crippen MR) is 49.7 cm³/mol. The molecule has 1 rings (SSSR count). The Morgan fingerprint density at radius 3 is 2.92 bits per heavy atom. The van der Waals surface area contributed by atoms with Gasteiger partial charge in [0.15, 0.2) is 0 Å². The van der Waals surface area contributed by atoms with Crippen LogP contribution in [-0.2, 0) is 4.79 Å². The van der Waals surface area contributed by atoms with Crippen LogP contribution in [0.3, 0.4) is 0 Å². The Labute approximate surface area is 76.3 Å². The normalized spacial score (nSPS) is 11.8. The summed E-state index contributed by atoms with van der Waals surface area (Å²) in [6.07, 6.45) is 1.63. The molecule has 1 aromatic rings. The van der Waals surface area contributed by atoms with E-state index in [2.05, 4.69) is 15.8 Å². The number of nitrogens with one attached hydrogen (secondary N) is 2. The molecule has 1 heterocycles. The number of anilines is 1. The second kappa shape index (κ2) is 4.42. The van der Waals surface area contributed by atoms with Crippen LogP contribution in [-0.4, -0.2) is 16.9 Å². The van der Waals surface area contributed by atoms with E-state index in [1.54, 1.807) is 25.3 Å². The summed E-state index contributed by atoms with van der Waals surface area (Å²) in [6.45, 7) is 1.61. The van der Waals surface area contributed by atoms with E-state index in [4.69, 9.17) is 5.73 Å². The number of hydrazine groups is 1. The summed E-state index contributed by atoms with van der Waals surface area (Å²) in [5, 5.41) is 0. The monoisotopic (exact) mass is 180 g/mol. The number of aromatic nitrogens is 1. The van der Waals surface area contributed by atoms with Crippen molar-refractivity contribution in [2.24, 2.45) is 5.73 Å². The molecule has 1 aromatic heterocycles. The van der Waals surface area contributed by atoms with Gasteiger partial charge in [0.25, 0.3) is 5.91 Å². The van der Waals surface area contributed by atoms with Gasteiger partial charge in [-0.25, -0.2) is 4.98 Å². The van der Waals surface area contributed by atoms with Gasteiger partial charge >= 0.3 is 0 Å². The van der Waals surface area contributed by atoms with Crippen molar-refractivity contribution in [3.8, 4) is 0 Å². The van der Waals surface area contributed by atoms with Crippen molar-refractivity contribution in [2.75, 3.05) is 5.43 Å². The Bertz CT molecular complexity index is 273. The highest BCUT2D eigenvalue weighted by Crippen LogP contribution is 1.96.